The Kier molecular flexibility index (Phi) is 4.81. The van der Waals surface area contributed by atoms with Crippen molar-refractivity contribution < 1.29 is 19.1 Å². The smallest absolute Gasteiger partial charge is 0.337 e. The van der Waals surface area contributed by atoms with Crippen molar-refractivity contribution in [2.75, 3.05) is 19.5 Å². The van der Waals surface area contributed by atoms with Crippen molar-refractivity contribution in [1.82, 2.24) is 10.9 Å². The molecule has 1 aromatic rings. The van der Waals surface area contributed by atoms with E-state index in [2.05, 4.69) is 16.2 Å². The first kappa shape index (κ1) is 17.5. The maximum absolute atomic E-state index is 11.9. The van der Waals surface area contributed by atoms with Crippen molar-refractivity contribution in [2.24, 2.45) is 5.41 Å². The number of hydrogen-bond donors (Lipinski definition) is 3. The molecule has 0 aromatic heterocycles. The second-order valence-electron chi connectivity index (χ2n) is 5.32. The van der Waals surface area contributed by atoms with Gasteiger partial charge in [-0.1, -0.05) is 0 Å². The van der Waals surface area contributed by atoms with E-state index in [4.69, 9.17) is 32.7 Å². The molecule has 126 valence electrons. The molecule has 23 heavy (non-hydrogen) atoms. The van der Waals surface area contributed by atoms with Crippen LogP contribution in [-0.4, -0.2) is 30.5 Å². The average Bonchev–Trinajstić information content (AvgIpc) is 3.04. The van der Waals surface area contributed by atoms with Crippen molar-refractivity contribution >= 4 is 40.8 Å². The topological polar surface area (TPSA) is 88.7 Å². The van der Waals surface area contributed by atoms with E-state index < -0.39 is 21.7 Å². The van der Waals surface area contributed by atoms with E-state index in [1.54, 1.807) is 25.1 Å². The van der Waals surface area contributed by atoms with E-state index >= 15 is 0 Å². The highest BCUT2D eigenvalue weighted by molar-refractivity contribution is 6.53. The van der Waals surface area contributed by atoms with E-state index in [9.17, 15) is 9.59 Å². The lowest BCUT2D eigenvalue weighted by Gasteiger charge is -2.14. The summed E-state index contributed by atoms with van der Waals surface area (Å²) in [5.74, 6) is 0.549. The van der Waals surface area contributed by atoms with E-state index in [1.165, 1.54) is 14.2 Å². The molecule has 0 unspecified atom stereocenters. The SMILES string of the molecule is COc1ccc(NC(=O)NNC(=O)[C@@]2(C)CC2(Cl)Cl)cc1OC. The summed E-state index contributed by atoms with van der Waals surface area (Å²) in [5, 5.41) is 2.55. The third-order valence-electron chi connectivity index (χ3n) is 3.69. The Morgan fingerprint density at radius 3 is 2.26 bits per heavy atom. The van der Waals surface area contributed by atoms with Crippen molar-refractivity contribution in [1.29, 1.82) is 0 Å². The van der Waals surface area contributed by atoms with Crippen LogP contribution in [0.4, 0.5) is 10.5 Å². The number of hydrazine groups is 1. The maximum atomic E-state index is 11.9. The Bertz CT molecular complexity index is 638. The highest BCUT2D eigenvalue weighted by Crippen LogP contribution is 2.63. The number of carbonyl (C=O) groups is 2. The molecule has 1 aromatic carbocycles. The fourth-order valence-electron chi connectivity index (χ4n) is 1.97. The third kappa shape index (κ3) is 3.56. The van der Waals surface area contributed by atoms with E-state index in [0.717, 1.165) is 0 Å². The van der Waals surface area contributed by atoms with Crippen LogP contribution in [0.2, 0.25) is 0 Å². The van der Waals surface area contributed by atoms with Gasteiger partial charge in [0.2, 0.25) is 5.91 Å². The third-order valence-corrected chi connectivity index (χ3v) is 4.79. The zero-order valence-electron chi connectivity index (χ0n) is 12.8. The summed E-state index contributed by atoms with van der Waals surface area (Å²) >= 11 is 11.8. The lowest BCUT2D eigenvalue weighted by Crippen LogP contribution is -2.47. The molecule has 0 spiro atoms. The predicted octanol–water partition coefficient (Wildman–Crippen LogP) is 2.44. The van der Waals surface area contributed by atoms with E-state index in [-0.39, 0.29) is 0 Å². The van der Waals surface area contributed by atoms with Crippen LogP contribution in [-0.2, 0) is 4.79 Å². The molecule has 0 bridgehead atoms. The van der Waals surface area contributed by atoms with Crippen LogP contribution < -0.4 is 25.6 Å². The zero-order chi connectivity index (χ0) is 17.3. The summed E-state index contributed by atoms with van der Waals surface area (Å²) in [6.07, 6.45) is 0.327. The molecular weight excluding hydrogens is 345 g/mol. The van der Waals surface area contributed by atoms with Crippen molar-refractivity contribution in [3.05, 3.63) is 18.2 Å². The minimum Gasteiger partial charge on any atom is -0.493 e. The number of alkyl halides is 2. The summed E-state index contributed by atoms with van der Waals surface area (Å²) in [7, 11) is 3.00. The van der Waals surface area contributed by atoms with Crippen LogP contribution in [0.5, 0.6) is 11.5 Å². The Morgan fingerprint density at radius 1 is 1.13 bits per heavy atom. The second kappa shape index (κ2) is 6.33. The molecule has 3 N–H and O–H groups in total. The molecule has 9 heteroatoms. The second-order valence-corrected chi connectivity index (χ2v) is 6.80. The fourth-order valence-corrected chi connectivity index (χ4v) is 2.68. The van der Waals surface area contributed by atoms with Crippen LogP contribution >= 0.6 is 23.2 Å². The predicted molar refractivity (Wildman–Crippen MR) is 87.0 cm³/mol. The quantitative estimate of drug-likeness (QED) is 0.567. The molecule has 0 radical (unpaired) electrons. The monoisotopic (exact) mass is 361 g/mol. The van der Waals surface area contributed by atoms with Gasteiger partial charge in [-0.15, -0.1) is 23.2 Å². The van der Waals surface area contributed by atoms with Gasteiger partial charge in [-0.3, -0.25) is 10.2 Å². The van der Waals surface area contributed by atoms with Gasteiger partial charge in [-0.25, -0.2) is 10.2 Å². The maximum Gasteiger partial charge on any atom is 0.337 e. The number of nitrogens with one attached hydrogen (secondary N) is 3. The average molecular weight is 362 g/mol. The van der Waals surface area contributed by atoms with Crippen LogP contribution in [0, 0.1) is 5.41 Å². The minimum atomic E-state index is -1.10. The lowest BCUT2D eigenvalue weighted by atomic mass is 10.1. The Morgan fingerprint density at radius 2 is 1.74 bits per heavy atom. The summed E-state index contributed by atoms with van der Waals surface area (Å²) < 4.78 is 9.14. The zero-order valence-corrected chi connectivity index (χ0v) is 14.3. The molecule has 1 aliphatic rings. The highest BCUT2D eigenvalue weighted by atomic mass is 35.5. The molecule has 1 aliphatic carbocycles. The number of benzene rings is 1. The van der Waals surface area contributed by atoms with Gasteiger partial charge >= 0.3 is 6.03 Å². The van der Waals surface area contributed by atoms with Crippen LogP contribution in [0.25, 0.3) is 0 Å². The number of anilines is 1. The molecule has 1 saturated carbocycles. The Hall–Kier alpha value is -1.86. The molecule has 1 atom stereocenters. The number of halogens is 2. The van der Waals surface area contributed by atoms with Crippen molar-refractivity contribution in [2.45, 2.75) is 17.7 Å². The molecule has 7 nitrogen and oxygen atoms in total. The van der Waals surface area contributed by atoms with Crippen molar-refractivity contribution in [3.8, 4) is 11.5 Å². The van der Waals surface area contributed by atoms with Gasteiger partial charge in [0.25, 0.3) is 0 Å². The van der Waals surface area contributed by atoms with Crippen LogP contribution in [0.15, 0.2) is 18.2 Å². The molecule has 0 heterocycles. The Balaban J connectivity index is 1.89. The van der Waals surface area contributed by atoms with Gasteiger partial charge in [0.05, 0.1) is 19.6 Å². The van der Waals surface area contributed by atoms with Gasteiger partial charge < -0.3 is 14.8 Å². The first-order chi connectivity index (χ1) is 10.7. The molecular formula is C14H17Cl2N3O4. The molecule has 0 saturated heterocycles. The van der Waals surface area contributed by atoms with Crippen LogP contribution in [0.1, 0.15) is 13.3 Å². The lowest BCUT2D eigenvalue weighted by molar-refractivity contribution is -0.126. The first-order valence-corrected chi connectivity index (χ1v) is 7.46. The minimum absolute atomic E-state index is 0.327. The number of urea groups is 1. The number of rotatable bonds is 4. The van der Waals surface area contributed by atoms with Crippen molar-refractivity contribution in [3.63, 3.8) is 0 Å². The molecule has 2 rings (SSSR count). The summed E-state index contributed by atoms with van der Waals surface area (Å²) in [5.41, 5.74) is 4.09. The molecule has 1 fully saturated rings. The number of ether oxygens (including phenoxy) is 2. The standard InChI is InChI=1S/C14H17Cl2N3O4/c1-13(7-14(13,15)16)11(20)18-19-12(21)17-8-4-5-9(22-2)10(6-8)23-3/h4-6H,7H2,1-3H3,(H,18,20)(H2,17,19,21)/t13-/m1/s1. The van der Waals surface area contributed by atoms with Gasteiger partial charge in [0, 0.05) is 11.8 Å². The Labute approximate surface area is 143 Å². The van der Waals surface area contributed by atoms with Gasteiger partial charge in [-0.2, -0.15) is 0 Å². The number of hydrogen-bond acceptors (Lipinski definition) is 4. The van der Waals surface area contributed by atoms with Gasteiger partial charge in [-0.05, 0) is 25.5 Å². The largest absolute Gasteiger partial charge is 0.493 e. The number of carbonyl (C=O) groups excluding carboxylic acids is 2. The normalized spacial score (nSPS) is 21.1. The van der Waals surface area contributed by atoms with E-state index in [0.29, 0.717) is 23.6 Å². The molecule has 0 aliphatic heterocycles. The van der Waals surface area contributed by atoms with Crippen LogP contribution in [0.3, 0.4) is 0 Å². The fraction of sp³-hybridized carbons (Fsp3) is 0.429. The summed E-state index contributed by atoms with van der Waals surface area (Å²) in [4.78, 5) is 23.7. The number of methoxy groups -OCH3 is 2. The van der Waals surface area contributed by atoms with Gasteiger partial charge in [0.15, 0.2) is 11.5 Å². The summed E-state index contributed by atoms with van der Waals surface area (Å²) in [6.45, 7) is 1.62. The van der Waals surface area contributed by atoms with E-state index in [1.807, 2.05) is 0 Å². The van der Waals surface area contributed by atoms with Gasteiger partial charge in [0.1, 0.15) is 4.33 Å². The first-order valence-electron chi connectivity index (χ1n) is 6.71. The molecule has 3 amide bonds. The highest BCUT2D eigenvalue weighted by Gasteiger charge is 2.68. The summed E-state index contributed by atoms with van der Waals surface area (Å²) in [6, 6.07) is 4.25. The number of amides is 3.